The quantitative estimate of drug-likeness (QED) is 0.0716. The van der Waals surface area contributed by atoms with Gasteiger partial charge in [0.2, 0.25) is 11.6 Å². The van der Waals surface area contributed by atoms with Crippen molar-refractivity contribution in [3.63, 3.8) is 0 Å². The Morgan fingerprint density at radius 1 is 0.565 bits per heavy atom. The molecule has 0 heterocycles. The molecule has 234 valence electrons. The fourth-order valence-electron chi connectivity index (χ4n) is 4.48. The number of benzene rings is 4. The van der Waals surface area contributed by atoms with Crippen molar-refractivity contribution in [3.8, 4) is 0 Å². The van der Waals surface area contributed by atoms with Gasteiger partial charge in [0.1, 0.15) is 23.2 Å². The zero-order chi connectivity index (χ0) is 33.1. The molecule has 0 aromatic heterocycles. The first kappa shape index (κ1) is 33.0. The van der Waals surface area contributed by atoms with Gasteiger partial charge in [-0.2, -0.15) is 0 Å². The van der Waals surface area contributed by atoms with E-state index in [1.807, 2.05) is 0 Å². The third-order valence-electron chi connectivity index (χ3n) is 6.83. The van der Waals surface area contributed by atoms with E-state index in [1.165, 1.54) is 24.3 Å². The fourth-order valence-corrected chi connectivity index (χ4v) is 4.48. The number of hydrogen-bond acceptors (Lipinski definition) is 6. The molecule has 8 nitrogen and oxygen atoms in total. The van der Waals surface area contributed by atoms with Crippen LogP contribution in [0.25, 0.3) is 11.5 Å². The average molecular weight is 625 g/mol. The van der Waals surface area contributed by atoms with Crippen molar-refractivity contribution < 1.29 is 38.2 Å². The molecule has 0 saturated carbocycles. The van der Waals surface area contributed by atoms with Gasteiger partial charge in [-0.25, -0.2) is 8.78 Å². The number of hydrogen-bond donors (Lipinski definition) is 4. The number of rotatable bonds is 13. The molecule has 0 saturated heterocycles. The molecule has 0 aliphatic heterocycles. The van der Waals surface area contributed by atoms with Gasteiger partial charge in [0.15, 0.2) is 0 Å². The smallest absolute Gasteiger partial charge is 0.291 e. The molecule has 0 bridgehead atoms. The highest BCUT2D eigenvalue weighted by atomic mass is 19.1. The van der Waals surface area contributed by atoms with Gasteiger partial charge in [0, 0.05) is 49.2 Å². The van der Waals surface area contributed by atoms with Crippen LogP contribution in [-0.2, 0) is 32.0 Å². The number of aliphatic hydroxyl groups is 2. The summed E-state index contributed by atoms with van der Waals surface area (Å²) in [6.45, 7) is -0.409. The molecular weight excluding hydrogens is 594 g/mol. The number of nitrogens with one attached hydrogen (secondary N) is 2. The molecule has 4 aromatic rings. The third-order valence-corrected chi connectivity index (χ3v) is 6.83. The van der Waals surface area contributed by atoms with Crippen LogP contribution in [0.5, 0.6) is 0 Å². The summed E-state index contributed by atoms with van der Waals surface area (Å²) in [4.78, 5) is 49.0. The van der Waals surface area contributed by atoms with Crippen molar-refractivity contribution in [2.75, 3.05) is 13.1 Å². The van der Waals surface area contributed by atoms with Crippen molar-refractivity contribution in [3.05, 3.63) is 154 Å². The van der Waals surface area contributed by atoms with Crippen LogP contribution < -0.4 is 10.6 Å². The molecule has 0 unspecified atom stereocenters. The minimum atomic E-state index is -1.05. The van der Waals surface area contributed by atoms with E-state index in [-0.39, 0.29) is 48.7 Å². The lowest BCUT2D eigenvalue weighted by molar-refractivity contribution is -0.135. The summed E-state index contributed by atoms with van der Waals surface area (Å²) >= 11 is 0. The van der Waals surface area contributed by atoms with E-state index in [9.17, 15) is 38.2 Å². The van der Waals surface area contributed by atoms with Gasteiger partial charge in [-0.05, 0) is 46.5 Å². The number of aliphatic hydroxyl groups excluding tert-OH is 2. The van der Waals surface area contributed by atoms with Gasteiger partial charge in [0.25, 0.3) is 11.8 Å². The molecule has 2 amide bonds. The first-order valence-corrected chi connectivity index (χ1v) is 14.2. The molecule has 4 rings (SSSR count). The molecule has 10 heteroatoms. The van der Waals surface area contributed by atoms with Crippen LogP contribution in [0.15, 0.2) is 109 Å². The van der Waals surface area contributed by atoms with E-state index in [1.54, 1.807) is 72.8 Å². The Morgan fingerprint density at radius 3 is 1.35 bits per heavy atom. The predicted molar refractivity (Wildman–Crippen MR) is 169 cm³/mol. The molecule has 0 radical (unpaired) electrons. The van der Waals surface area contributed by atoms with Crippen molar-refractivity contribution >= 4 is 34.9 Å². The number of halogens is 2. The fraction of sp³-hybridized carbons (Fsp3) is 0.111. The monoisotopic (exact) mass is 624 g/mol. The molecule has 0 atom stereocenters. The normalized spacial score (nSPS) is 11.5. The number of carbonyl (C=O) groups excluding carboxylic acids is 4. The Kier molecular flexibility index (Phi) is 11.3. The molecule has 46 heavy (non-hydrogen) atoms. The highest BCUT2D eigenvalue weighted by Crippen LogP contribution is 2.19. The molecule has 4 aromatic carbocycles. The van der Waals surface area contributed by atoms with E-state index >= 15 is 0 Å². The summed E-state index contributed by atoms with van der Waals surface area (Å²) in [7, 11) is 0. The second kappa shape index (κ2) is 15.7. The van der Waals surface area contributed by atoms with Crippen molar-refractivity contribution in [1.29, 1.82) is 0 Å². The van der Waals surface area contributed by atoms with Gasteiger partial charge in [-0.3, -0.25) is 19.2 Å². The molecule has 0 aliphatic carbocycles. The van der Waals surface area contributed by atoms with Crippen molar-refractivity contribution in [2.45, 2.75) is 12.8 Å². The van der Waals surface area contributed by atoms with Gasteiger partial charge in [0.05, 0.1) is 0 Å². The van der Waals surface area contributed by atoms with Gasteiger partial charge >= 0.3 is 0 Å². The van der Waals surface area contributed by atoms with E-state index < -0.39 is 34.9 Å². The summed E-state index contributed by atoms with van der Waals surface area (Å²) in [5.41, 5.74) is 2.80. The third kappa shape index (κ3) is 9.30. The molecule has 0 aliphatic rings. The maximum absolute atomic E-state index is 14.0. The first-order valence-electron chi connectivity index (χ1n) is 14.2. The van der Waals surface area contributed by atoms with Crippen LogP contribution in [-0.4, -0.2) is 46.7 Å². The average Bonchev–Trinajstić information content (AvgIpc) is 3.05. The highest BCUT2D eigenvalue weighted by molar-refractivity contribution is 6.42. The second-order valence-electron chi connectivity index (χ2n) is 10.2. The predicted octanol–water partition coefficient (Wildman–Crippen LogP) is 5.02. The molecule has 0 fully saturated rings. The van der Waals surface area contributed by atoms with Gasteiger partial charge in [-0.1, -0.05) is 72.8 Å². The van der Waals surface area contributed by atoms with Crippen LogP contribution in [0.4, 0.5) is 8.78 Å². The van der Waals surface area contributed by atoms with Crippen LogP contribution in [0.2, 0.25) is 0 Å². The lowest BCUT2D eigenvalue weighted by Gasteiger charge is -2.07. The van der Waals surface area contributed by atoms with E-state index in [0.29, 0.717) is 22.3 Å². The topological polar surface area (TPSA) is 133 Å². The Bertz CT molecular complexity index is 1700. The Balaban J connectivity index is 1.24. The maximum Gasteiger partial charge on any atom is 0.291 e. The SMILES string of the molecule is O=C(/C=C(\O)c1cccc(Cc2ccccc2F)c1)C(=O)NCCNC(=O)C(=O)/C=C(/O)c1cccc(Cc2ccccc2F)c1. The summed E-state index contributed by atoms with van der Waals surface area (Å²) in [5, 5.41) is 25.3. The Labute approximate surface area is 263 Å². The van der Waals surface area contributed by atoms with Crippen LogP contribution >= 0.6 is 0 Å². The molecule has 4 N–H and O–H groups in total. The number of carbonyl (C=O) groups is 4. The van der Waals surface area contributed by atoms with E-state index in [0.717, 1.165) is 12.2 Å². The zero-order valence-corrected chi connectivity index (χ0v) is 24.5. The van der Waals surface area contributed by atoms with Crippen LogP contribution in [0.3, 0.4) is 0 Å². The Morgan fingerprint density at radius 2 is 0.957 bits per heavy atom. The molecular formula is C36H30F2N2O6. The van der Waals surface area contributed by atoms with Crippen LogP contribution in [0, 0.1) is 11.6 Å². The largest absolute Gasteiger partial charge is 0.507 e. The maximum atomic E-state index is 14.0. The number of ketones is 2. The van der Waals surface area contributed by atoms with E-state index in [2.05, 4.69) is 10.6 Å². The van der Waals surface area contributed by atoms with Crippen molar-refractivity contribution in [1.82, 2.24) is 10.6 Å². The summed E-state index contributed by atoms with van der Waals surface area (Å²) in [5.74, 6) is -5.86. The standard InChI is InChI=1S/C36H30F2N2O6/c37-29-13-3-1-9-25(29)17-23-7-5-11-27(19-23)31(41)21-33(43)35(45)39-15-16-40-36(46)34(44)22-32(42)28-12-6-8-24(20-28)18-26-10-2-4-14-30(26)38/h1-14,19-22,41-42H,15-18H2,(H,39,45)(H,40,46)/b31-21-,32-22+. The second-order valence-corrected chi connectivity index (χ2v) is 10.2. The summed E-state index contributed by atoms with van der Waals surface area (Å²) in [6, 6.07) is 25.5. The van der Waals surface area contributed by atoms with Crippen molar-refractivity contribution in [2.24, 2.45) is 0 Å². The summed E-state index contributed by atoms with van der Waals surface area (Å²) in [6.07, 6.45) is 2.02. The highest BCUT2D eigenvalue weighted by Gasteiger charge is 2.16. The minimum absolute atomic E-state index is 0.204. The first-order chi connectivity index (χ1) is 22.1. The minimum Gasteiger partial charge on any atom is -0.507 e. The summed E-state index contributed by atoms with van der Waals surface area (Å²) < 4.78 is 28.0. The van der Waals surface area contributed by atoms with Gasteiger partial charge in [-0.15, -0.1) is 0 Å². The number of amides is 2. The lowest BCUT2D eigenvalue weighted by Crippen LogP contribution is -2.39. The molecule has 0 spiro atoms. The zero-order valence-electron chi connectivity index (χ0n) is 24.5. The van der Waals surface area contributed by atoms with Crippen LogP contribution in [0.1, 0.15) is 33.4 Å². The van der Waals surface area contributed by atoms with E-state index in [4.69, 9.17) is 0 Å². The lowest BCUT2D eigenvalue weighted by atomic mass is 10.0. The Hall–Kier alpha value is -5.90. The van der Waals surface area contributed by atoms with Gasteiger partial charge < -0.3 is 20.8 Å².